The highest BCUT2D eigenvalue weighted by atomic mass is 19.1. The molecule has 1 aromatic carbocycles. The highest BCUT2D eigenvalue weighted by molar-refractivity contribution is 5.72. The van der Waals surface area contributed by atoms with E-state index in [1.807, 2.05) is 6.08 Å². The first kappa shape index (κ1) is 28.2. The number of hydrogen-bond donors (Lipinski definition) is 0. The molecule has 3 nitrogen and oxygen atoms in total. The summed E-state index contributed by atoms with van der Waals surface area (Å²) in [6, 6.07) is 10.7. The van der Waals surface area contributed by atoms with Gasteiger partial charge in [-0.15, -0.1) is 0 Å². The predicted octanol–water partition coefficient (Wildman–Crippen LogP) is 8.90. The normalized spacial score (nSPS) is 25.0. The summed E-state index contributed by atoms with van der Waals surface area (Å²) in [5.41, 5.74) is 2.89. The molecule has 196 valence electrons. The summed E-state index contributed by atoms with van der Waals surface area (Å²) in [7, 11) is 0. The number of benzene rings is 1. The third kappa shape index (κ3) is 9.57. The van der Waals surface area contributed by atoms with Crippen molar-refractivity contribution in [1.29, 1.82) is 5.26 Å². The van der Waals surface area contributed by atoms with Gasteiger partial charge in [0.15, 0.2) is 5.83 Å². The number of rotatable bonds is 12. The van der Waals surface area contributed by atoms with Gasteiger partial charge in [-0.3, -0.25) is 4.79 Å². The van der Waals surface area contributed by atoms with Crippen LogP contribution in [0.1, 0.15) is 114 Å². The molecule has 0 N–H and O–H groups in total. The van der Waals surface area contributed by atoms with Gasteiger partial charge in [-0.05, 0) is 106 Å². The van der Waals surface area contributed by atoms with Crippen LogP contribution in [0.2, 0.25) is 0 Å². The van der Waals surface area contributed by atoms with Crippen molar-refractivity contribution in [2.24, 2.45) is 11.8 Å². The summed E-state index contributed by atoms with van der Waals surface area (Å²) in [5.74, 6) is 0.501. The zero-order chi connectivity index (χ0) is 25.6. The third-order valence-corrected chi connectivity index (χ3v) is 8.13. The molecular formula is C32H44FNO2. The Bertz CT molecular complexity index is 882. The lowest BCUT2D eigenvalue weighted by Crippen LogP contribution is -2.29. The van der Waals surface area contributed by atoms with E-state index in [0.717, 1.165) is 64.2 Å². The van der Waals surface area contributed by atoms with Crippen molar-refractivity contribution in [2.45, 2.75) is 115 Å². The van der Waals surface area contributed by atoms with Crippen LogP contribution < -0.4 is 0 Å². The lowest BCUT2D eigenvalue weighted by atomic mass is 9.79. The van der Waals surface area contributed by atoms with Gasteiger partial charge >= 0.3 is 5.97 Å². The molecule has 36 heavy (non-hydrogen) atoms. The molecule has 0 saturated heterocycles. The fourth-order valence-electron chi connectivity index (χ4n) is 5.79. The number of unbranched alkanes of at least 4 members (excludes halogenated alkanes) is 3. The number of ether oxygens (including phenoxy) is 1. The molecule has 0 heterocycles. The first-order valence-electron chi connectivity index (χ1n) is 14.3. The zero-order valence-electron chi connectivity index (χ0n) is 22.1. The lowest BCUT2D eigenvalue weighted by Gasteiger charge is -2.31. The van der Waals surface area contributed by atoms with E-state index in [4.69, 9.17) is 10.00 Å². The second-order valence-corrected chi connectivity index (χ2v) is 10.8. The number of hydrogen-bond acceptors (Lipinski definition) is 3. The molecular weight excluding hydrogens is 449 g/mol. The van der Waals surface area contributed by atoms with E-state index in [1.165, 1.54) is 55.4 Å². The largest absolute Gasteiger partial charge is 0.462 e. The molecule has 2 aliphatic carbocycles. The van der Waals surface area contributed by atoms with Crippen LogP contribution in [-0.2, 0) is 16.0 Å². The first-order valence-corrected chi connectivity index (χ1v) is 14.3. The number of carbonyl (C=O) groups excluding carboxylic acids is 1. The molecule has 0 aromatic heterocycles. The van der Waals surface area contributed by atoms with E-state index in [-0.39, 0.29) is 18.0 Å². The lowest BCUT2D eigenvalue weighted by molar-refractivity contribution is -0.157. The van der Waals surface area contributed by atoms with E-state index in [9.17, 15) is 9.18 Å². The SMILES string of the molecule is CCCCCCc1ccc([C@H]2CC[C@H](OC(=O)[C@H]3CC[C@H](CCC=CC=C(F)C#N)CC3)CC2)cc1. The van der Waals surface area contributed by atoms with Crippen LogP contribution in [0.15, 0.2) is 48.3 Å². The summed E-state index contributed by atoms with van der Waals surface area (Å²) in [4.78, 5) is 12.8. The molecule has 3 rings (SSSR count). The van der Waals surface area contributed by atoms with Crippen molar-refractivity contribution in [3.05, 3.63) is 59.4 Å². The van der Waals surface area contributed by atoms with Crippen molar-refractivity contribution in [3.8, 4) is 6.07 Å². The molecule has 0 bridgehead atoms. The molecule has 0 aliphatic heterocycles. The Morgan fingerprint density at radius 1 is 1.03 bits per heavy atom. The van der Waals surface area contributed by atoms with E-state index >= 15 is 0 Å². The fraction of sp³-hybridized carbons (Fsp3) is 0.625. The Kier molecular flexibility index (Phi) is 12.2. The minimum atomic E-state index is -0.763. The molecule has 0 spiro atoms. The second kappa shape index (κ2) is 15.6. The van der Waals surface area contributed by atoms with Gasteiger partial charge in [0, 0.05) is 0 Å². The van der Waals surface area contributed by atoms with Crippen LogP contribution in [0.25, 0.3) is 0 Å². The van der Waals surface area contributed by atoms with Gasteiger partial charge in [0.1, 0.15) is 12.2 Å². The first-order chi connectivity index (χ1) is 17.6. The maximum absolute atomic E-state index is 12.8. The van der Waals surface area contributed by atoms with Crippen LogP contribution in [0.3, 0.4) is 0 Å². The van der Waals surface area contributed by atoms with Crippen molar-refractivity contribution in [2.75, 3.05) is 0 Å². The Hall–Kier alpha value is -2.41. The summed E-state index contributed by atoms with van der Waals surface area (Å²) in [6.07, 6.45) is 21.2. The number of halogens is 1. The van der Waals surface area contributed by atoms with Crippen LogP contribution >= 0.6 is 0 Å². The third-order valence-electron chi connectivity index (χ3n) is 8.13. The molecule has 2 aliphatic rings. The number of esters is 1. The Morgan fingerprint density at radius 2 is 1.75 bits per heavy atom. The van der Waals surface area contributed by atoms with E-state index < -0.39 is 5.83 Å². The minimum absolute atomic E-state index is 0.0151. The maximum Gasteiger partial charge on any atom is 0.309 e. The van der Waals surface area contributed by atoms with Crippen LogP contribution in [0, 0.1) is 23.2 Å². The van der Waals surface area contributed by atoms with Gasteiger partial charge in [0.25, 0.3) is 0 Å². The van der Waals surface area contributed by atoms with Crippen molar-refractivity contribution >= 4 is 5.97 Å². The molecule has 0 unspecified atom stereocenters. The molecule has 1 aromatic rings. The monoisotopic (exact) mass is 493 g/mol. The van der Waals surface area contributed by atoms with Gasteiger partial charge in [-0.25, -0.2) is 0 Å². The Morgan fingerprint density at radius 3 is 2.42 bits per heavy atom. The van der Waals surface area contributed by atoms with Crippen LogP contribution in [-0.4, -0.2) is 12.1 Å². The minimum Gasteiger partial charge on any atom is -0.462 e. The highest BCUT2D eigenvalue weighted by Gasteiger charge is 2.30. The predicted molar refractivity (Wildman–Crippen MR) is 144 cm³/mol. The summed E-state index contributed by atoms with van der Waals surface area (Å²) in [5, 5.41) is 8.40. The number of carbonyl (C=O) groups is 1. The second-order valence-electron chi connectivity index (χ2n) is 10.8. The Balaban J connectivity index is 1.31. The highest BCUT2D eigenvalue weighted by Crippen LogP contribution is 2.36. The number of nitrogens with zero attached hydrogens (tertiary/aromatic N) is 1. The smallest absolute Gasteiger partial charge is 0.309 e. The molecule has 2 saturated carbocycles. The standard InChI is InChI=1S/C32H44FNO2/c1-2-3-4-6-9-25-12-16-27(17-13-25)28-20-22-31(23-21-28)36-32(35)29-18-14-26(15-19-29)10-7-5-8-11-30(33)24-34/h5,8,11-13,16-17,26,28-29,31H,2-4,6-7,9-10,14-15,18-23H2,1H3/t26-,28-,29-,31-. The van der Waals surface area contributed by atoms with Crippen molar-refractivity contribution in [3.63, 3.8) is 0 Å². The quantitative estimate of drug-likeness (QED) is 0.126. The van der Waals surface area contributed by atoms with Crippen molar-refractivity contribution < 1.29 is 13.9 Å². The van der Waals surface area contributed by atoms with E-state index in [1.54, 1.807) is 6.08 Å². The molecule has 0 amide bonds. The molecule has 0 atom stereocenters. The fourth-order valence-corrected chi connectivity index (χ4v) is 5.79. The van der Waals surface area contributed by atoms with Gasteiger partial charge in [0.2, 0.25) is 0 Å². The number of aryl methyl sites for hydroxylation is 1. The number of nitriles is 1. The maximum atomic E-state index is 12.8. The molecule has 4 heteroatoms. The van der Waals surface area contributed by atoms with Crippen LogP contribution in [0.5, 0.6) is 0 Å². The average molecular weight is 494 g/mol. The molecule has 0 radical (unpaired) electrons. The van der Waals surface area contributed by atoms with Gasteiger partial charge in [-0.1, -0.05) is 62.6 Å². The Labute approximate surface area is 217 Å². The number of allylic oxidation sites excluding steroid dienone is 4. The molecule has 2 fully saturated rings. The van der Waals surface area contributed by atoms with Gasteiger partial charge < -0.3 is 4.74 Å². The van der Waals surface area contributed by atoms with E-state index in [0.29, 0.717) is 11.8 Å². The summed E-state index contributed by atoms with van der Waals surface area (Å²) >= 11 is 0. The average Bonchev–Trinajstić information content (AvgIpc) is 2.92. The zero-order valence-corrected chi connectivity index (χ0v) is 22.1. The summed E-state index contributed by atoms with van der Waals surface area (Å²) in [6.45, 7) is 2.25. The van der Waals surface area contributed by atoms with Crippen molar-refractivity contribution in [1.82, 2.24) is 0 Å². The topological polar surface area (TPSA) is 50.1 Å². The summed E-state index contributed by atoms with van der Waals surface area (Å²) < 4.78 is 18.7. The van der Waals surface area contributed by atoms with Gasteiger partial charge in [-0.2, -0.15) is 9.65 Å². The van der Waals surface area contributed by atoms with E-state index in [2.05, 4.69) is 31.2 Å². The van der Waals surface area contributed by atoms with Gasteiger partial charge in [0.05, 0.1) is 5.92 Å². The van der Waals surface area contributed by atoms with Crippen LogP contribution in [0.4, 0.5) is 4.39 Å².